The topological polar surface area (TPSA) is 54.1 Å². The third-order valence-corrected chi connectivity index (χ3v) is 10.8. The monoisotopic (exact) mass is 766 g/mol. The fourth-order valence-electron chi connectivity index (χ4n) is 7.95. The van der Waals surface area contributed by atoms with Gasteiger partial charge in [0.05, 0.1) is 11.1 Å². The van der Waals surface area contributed by atoms with Crippen molar-refractivity contribution in [2.75, 3.05) is 9.80 Å². The average Bonchev–Trinajstić information content (AvgIpc) is 3.33. The molecule has 0 amide bonds. The molecule has 0 N–H and O–H groups in total. The van der Waals surface area contributed by atoms with Gasteiger partial charge in [-0.1, -0.05) is 146 Å². The van der Waals surface area contributed by atoms with Crippen molar-refractivity contribution in [3.63, 3.8) is 0 Å². The van der Waals surface area contributed by atoms with Crippen LogP contribution in [0, 0.1) is 22.7 Å². The summed E-state index contributed by atoms with van der Waals surface area (Å²) in [6, 6.07) is 83.7. The van der Waals surface area contributed by atoms with E-state index < -0.39 is 0 Å². The van der Waals surface area contributed by atoms with Gasteiger partial charge in [-0.3, -0.25) is 0 Å². The summed E-state index contributed by atoms with van der Waals surface area (Å²) in [4.78, 5) is 4.50. The molecule has 0 aliphatic carbocycles. The number of anilines is 6. The molecule has 0 saturated heterocycles. The maximum Gasteiger partial charge on any atom is 0.101 e. The summed E-state index contributed by atoms with van der Waals surface area (Å²) < 4.78 is 0. The molecule has 0 aliphatic heterocycles. The normalized spacial score (nSPS) is 10.6. The summed E-state index contributed by atoms with van der Waals surface area (Å²) in [6.07, 6.45) is 0. The van der Waals surface area contributed by atoms with Crippen LogP contribution in [-0.4, -0.2) is 0 Å². The second-order valence-electron chi connectivity index (χ2n) is 14.4. The molecule has 9 aromatic rings. The van der Waals surface area contributed by atoms with Crippen LogP contribution in [0.1, 0.15) is 11.1 Å². The molecule has 0 atom stereocenters. The Bertz CT molecular complexity index is 2680. The van der Waals surface area contributed by atoms with Crippen LogP contribution in [-0.2, 0) is 0 Å². The van der Waals surface area contributed by atoms with Gasteiger partial charge in [0.2, 0.25) is 0 Å². The molecule has 0 fully saturated rings. The number of nitriles is 2. The summed E-state index contributed by atoms with van der Waals surface area (Å²) in [5, 5.41) is 20.6. The van der Waals surface area contributed by atoms with Crippen LogP contribution in [0.4, 0.5) is 34.1 Å². The van der Waals surface area contributed by atoms with Gasteiger partial charge in [-0.05, 0) is 129 Å². The van der Waals surface area contributed by atoms with Crippen molar-refractivity contribution in [2.24, 2.45) is 0 Å². The Morgan fingerprint density at radius 3 is 0.783 bits per heavy atom. The van der Waals surface area contributed by atoms with Crippen LogP contribution in [0.25, 0.3) is 44.5 Å². The van der Waals surface area contributed by atoms with E-state index >= 15 is 0 Å². The Morgan fingerprint density at radius 1 is 0.250 bits per heavy atom. The van der Waals surface area contributed by atoms with Crippen LogP contribution in [0.2, 0.25) is 0 Å². The smallest absolute Gasteiger partial charge is 0.101 e. The maximum absolute atomic E-state index is 10.3. The zero-order chi connectivity index (χ0) is 40.7. The van der Waals surface area contributed by atoms with Crippen LogP contribution in [0.5, 0.6) is 0 Å². The Labute approximate surface area is 351 Å². The predicted molar refractivity (Wildman–Crippen MR) is 247 cm³/mol. The van der Waals surface area contributed by atoms with Crippen molar-refractivity contribution >= 4 is 34.1 Å². The molecule has 60 heavy (non-hydrogen) atoms. The molecular formula is C56H38N4. The lowest BCUT2D eigenvalue weighted by Gasteiger charge is -2.26. The van der Waals surface area contributed by atoms with Gasteiger partial charge in [0.1, 0.15) is 12.1 Å². The number of hydrogen-bond donors (Lipinski definition) is 0. The first-order chi connectivity index (χ1) is 29.7. The van der Waals surface area contributed by atoms with Crippen molar-refractivity contribution < 1.29 is 0 Å². The second-order valence-corrected chi connectivity index (χ2v) is 14.4. The van der Waals surface area contributed by atoms with Gasteiger partial charge >= 0.3 is 0 Å². The molecule has 9 rings (SSSR count). The van der Waals surface area contributed by atoms with Gasteiger partial charge in [-0.25, -0.2) is 0 Å². The van der Waals surface area contributed by atoms with Gasteiger partial charge in [0.15, 0.2) is 0 Å². The highest BCUT2D eigenvalue weighted by atomic mass is 15.1. The molecule has 0 spiro atoms. The van der Waals surface area contributed by atoms with E-state index in [1.54, 1.807) is 0 Å². The van der Waals surface area contributed by atoms with Gasteiger partial charge in [-0.15, -0.1) is 0 Å². The van der Waals surface area contributed by atoms with E-state index in [-0.39, 0.29) is 0 Å². The zero-order valence-corrected chi connectivity index (χ0v) is 32.7. The summed E-state index contributed by atoms with van der Waals surface area (Å²) in [7, 11) is 0. The summed E-state index contributed by atoms with van der Waals surface area (Å²) in [5.41, 5.74) is 14.8. The minimum atomic E-state index is 0.339. The van der Waals surface area contributed by atoms with Gasteiger partial charge in [-0.2, -0.15) is 10.5 Å². The van der Waals surface area contributed by atoms with Gasteiger partial charge in [0.25, 0.3) is 0 Å². The van der Waals surface area contributed by atoms with Gasteiger partial charge < -0.3 is 9.80 Å². The average molecular weight is 767 g/mol. The highest BCUT2D eigenvalue weighted by molar-refractivity contribution is 5.97. The zero-order valence-electron chi connectivity index (χ0n) is 32.7. The Hall–Kier alpha value is -8.44. The number of nitrogens with zero attached hydrogens (tertiary/aromatic N) is 4. The lowest BCUT2D eigenvalue weighted by molar-refractivity contribution is 1.28. The summed E-state index contributed by atoms with van der Waals surface area (Å²) >= 11 is 0. The number of para-hydroxylation sites is 4. The minimum absolute atomic E-state index is 0.339. The first-order valence-corrected chi connectivity index (χ1v) is 19.9. The van der Waals surface area contributed by atoms with Crippen molar-refractivity contribution in [3.05, 3.63) is 242 Å². The van der Waals surface area contributed by atoms with Crippen LogP contribution < -0.4 is 9.80 Å². The number of benzene rings is 9. The van der Waals surface area contributed by atoms with E-state index in [0.29, 0.717) is 11.1 Å². The SMILES string of the molecule is N#Cc1cc(-c2ccccc2-c2ccc(N(c3ccccc3)c3ccccc3)cc2)c(-c2ccccc2-c2ccc(N(c3ccccc3)c3ccccc3)cc2)cc1C#N. The quantitative estimate of drug-likeness (QED) is 0.139. The molecule has 4 heteroatoms. The van der Waals surface area contributed by atoms with E-state index in [2.05, 4.69) is 192 Å². The van der Waals surface area contributed by atoms with E-state index in [1.165, 1.54) is 0 Å². The number of rotatable bonds is 10. The molecule has 0 bridgehead atoms. The number of hydrogen-bond acceptors (Lipinski definition) is 4. The maximum atomic E-state index is 10.3. The Kier molecular flexibility index (Phi) is 10.5. The van der Waals surface area contributed by atoms with Crippen molar-refractivity contribution in [1.82, 2.24) is 0 Å². The van der Waals surface area contributed by atoms with E-state index in [1.807, 2.05) is 60.7 Å². The first-order valence-electron chi connectivity index (χ1n) is 19.9. The second kappa shape index (κ2) is 17.0. The molecular weight excluding hydrogens is 729 g/mol. The summed E-state index contributed by atoms with van der Waals surface area (Å²) in [6.45, 7) is 0. The molecule has 0 radical (unpaired) electrons. The van der Waals surface area contributed by atoms with Crippen LogP contribution in [0.15, 0.2) is 231 Å². The van der Waals surface area contributed by atoms with Crippen LogP contribution in [0.3, 0.4) is 0 Å². The highest BCUT2D eigenvalue weighted by Gasteiger charge is 2.20. The lowest BCUT2D eigenvalue weighted by atomic mass is 9.84. The third kappa shape index (κ3) is 7.41. The predicted octanol–water partition coefficient (Wildman–Crippen LogP) is 15.0. The molecule has 0 saturated carbocycles. The minimum Gasteiger partial charge on any atom is -0.311 e. The first kappa shape index (κ1) is 37.2. The lowest BCUT2D eigenvalue weighted by Crippen LogP contribution is -2.09. The molecule has 0 aromatic heterocycles. The van der Waals surface area contributed by atoms with Crippen molar-refractivity contribution in [2.45, 2.75) is 0 Å². The summed E-state index contributed by atoms with van der Waals surface area (Å²) in [5.74, 6) is 0. The fourth-order valence-corrected chi connectivity index (χ4v) is 7.95. The fraction of sp³-hybridized carbons (Fsp3) is 0. The molecule has 0 aliphatic rings. The highest BCUT2D eigenvalue weighted by Crippen LogP contribution is 2.44. The third-order valence-electron chi connectivity index (χ3n) is 10.8. The van der Waals surface area contributed by atoms with E-state index in [9.17, 15) is 10.5 Å². The molecule has 0 unspecified atom stereocenters. The van der Waals surface area contributed by atoms with Gasteiger partial charge in [0, 0.05) is 34.1 Å². The molecule has 9 aromatic carbocycles. The largest absolute Gasteiger partial charge is 0.311 e. The standard InChI is InChI=1S/C56H38N4/c57-39-43-37-55(53-27-15-13-25-51(53)41-29-33-49(34-30-41)59(45-17-5-1-6-18-45)46-19-7-2-8-20-46)56(38-44(43)40-58)54-28-16-14-26-52(54)42-31-35-50(36-32-42)60(47-21-9-3-10-22-47)48-23-11-4-12-24-48/h1-38H. The molecule has 0 heterocycles. The van der Waals surface area contributed by atoms with Crippen molar-refractivity contribution in [1.29, 1.82) is 10.5 Å². The van der Waals surface area contributed by atoms with E-state index in [4.69, 9.17) is 0 Å². The molecule has 282 valence electrons. The van der Waals surface area contributed by atoms with E-state index in [0.717, 1.165) is 78.6 Å². The van der Waals surface area contributed by atoms with Crippen molar-refractivity contribution in [3.8, 4) is 56.6 Å². The van der Waals surface area contributed by atoms with Crippen LogP contribution >= 0.6 is 0 Å². The Balaban J connectivity index is 1.14. The molecule has 4 nitrogen and oxygen atoms in total. The Morgan fingerprint density at radius 2 is 0.500 bits per heavy atom.